The van der Waals surface area contributed by atoms with Gasteiger partial charge in [-0.05, 0) is 33.1 Å². The molecule has 3 heterocycles. The zero-order chi connectivity index (χ0) is 27.3. The number of nitrogens with one attached hydrogen (secondary N) is 2. The zero-order valence-corrected chi connectivity index (χ0v) is 23.8. The third-order valence-corrected chi connectivity index (χ3v) is 8.34. The smallest absolute Gasteiger partial charge is 0.350 e. The molecule has 1 fully saturated rings. The number of H-pyrrole nitrogens is 1. The monoisotopic (exact) mass is 574 g/mol. The fourth-order valence-corrected chi connectivity index (χ4v) is 5.51. The predicted molar refractivity (Wildman–Crippen MR) is 142 cm³/mol. The third kappa shape index (κ3) is 6.83. The van der Waals surface area contributed by atoms with Gasteiger partial charge < -0.3 is 29.4 Å². The van der Waals surface area contributed by atoms with Crippen molar-refractivity contribution in [1.82, 2.24) is 15.3 Å². The highest BCUT2D eigenvalue weighted by Gasteiger charge is 2.35. The zero-order valence-electron chi connectivity index (χ0n) is 21.5. The number of thiazole rings is 1. The summed E-state index contributed by atoms with van der Waals surface area (Å²) in [6.07, 6.45) is 0.395. The molecule has 2 aromatic rings. The number of ketones is 1. The number of hydrogen-bond donors (Lipinski definition) is 2. The van der Waals surface area contributed by atoms with Crippen LogP contribution in [0.2, 0.25) is 10.0 Å². The van der Waals surface area contributed by atoms with Gasteiger partial charge in [0, 0.05) is 46.0 Å². The van der Waals surface area contributed by atoms with Crippen molar-refractivity contribution in [3.05, 3.63) is 32.0 Å². The van der Waals surface area contributed by atoms with Crippen LogP contribution in [0, 0.1) is 12.8 Å². The molecule has 0 unspecified atom stereocenters. The molecule has 0 saturated carbocycles. The van der Waals surface area contributed by atoms with Gasteiger partial charge in [-0.2, -0.15) is 0 Å². The Morgan fingerprint density at radius 1 is 1.27 bits per heavy atom. The van der Waals surface area contributed by atoms with E-state index < -0.39 is 11.9 Å². The average Bonchev–Trinajstić information content (AvgIpc) is 3.45. The number of carbonyl (C=O) groups is 3. The minimum atomic E-state index is -0.600. The van der Waals surface area contributed by atoms with Gasteiger partial charge in [0.1, 0.15) is 10.6 Å². The van der Waals surface area contributed by atoms with E-state index in [1.807, 2.05) is 11.8 Å². The SMILES string of the molecule is CCOC(=O)c1sc(N2CC[C@@H](CC(=O)c3[nH]c(C)c(Cl)c3Cl)[C@@H](OC)C2)nc1C(=O)NC[C@@H](C)OC. The van der Waals surface area contributed by atoms with Crippen molar-refractivity contribution in [1.29, 1.82) is 0 Å². The first-order chi connectivity index (χ1) is 17.6. The topological polar surface area (TPSA) is 123 Å². The van der Waals surface area contributed by atoms with Crippen LogP contribution in [0.1, 0.15) is 63.0 Å². The van der Waals surface area contributed by atoms with E-state index in [1.54, 1.807) is 28.1 Å². The van der Waals surface area contributed by atoms with Crippen molar-refractivity contribution in [3.8, 4) is 0 Å². The summed E-state index contributed by atoms with van der Waals surface area (Å²) in [5, 5.41) is 3.84. The van der Waals surface area contributed by atoms with E-state index in [1.165, 1.54) is 0 Å². The summed E-state index contributed by atoms with van der Waals surface area (Å²) in [4.78, 5) is 47.9. The van der Waals surface area contributed by atoms with E-state index in [-0.39, 0.29) is 59.1 Å². The Morgan fingerprint density at radius 2 is 2.00 bits per heavy atom. The first-order valence-corrected chi connectivity index (χ1v) is 13.5. The van der Waals surface area contributed by atoms with Gasteiger partial charge in [-0.3, -0.25) is 9.59 Å². The molecule has 3 atom stereocenters. The minimum absolute atomic E-state index is 0.0154. The number of esters is 1. The van der Waals surface area contributed by atoms with Gasteiger partial charge in [-0.1, -0.05) is 34.5 Å². The second-order valence-corrected chi connectivity index (χ2v) is 10.5. The van der Waals surface area contributed by atoms with Gasteiger partial charge in [0.2, 0.25) is 0 Å². The standard InChI is InChI=1S/C24H32Cl2N4O6S/c1-6-36-23(33)21-20(22(32)27-10-12(2)34-4)29-24(37-21)30-8-7-14(16(11-30)35-5)9-15(31)19-18(26)17(25)13(3)28-19/h12,14,16,28H,6-11H2,1-5H3,(H,27,32)/t12-,14+,16+/m1/s1. The summed E-state index contributed by atoms with van der Waals surface area (Å²) in [6, 6.07) is 0. The maximum Gasteiger partial charge on any atom is 0.350 e. The van der Waals surface area contributed by atoms with Gasteiger partial charge in [-0.15, -0.1) is 0 Å². The second kappa shape index (κ2) is 13.1. The highest BCUT2D eigenvalue weighted by Crippen LogP contribution is 2.35. The third-order valence-electron chi connectivity index (χ3n) is 6.29. The fraction of sp³-hybridized carbons (Fsp3) is 0.583. The Morgan fingerprint density at radius 3 is 2.59 bits per heavy atom. The first kappa shape index (κ1) is 29.4. The summed E-state index contributed by atoms with van der Waals surface area (Å²) >= 11 is 13.5. The normalized spacial score (nSPS) is 18.5. The highest BCUT2D eigenvalue weighted by molar-refractivity contribution is 7.17. The number of piperidine rings is 1. The van der Waals surface area contributed by atoms with E-state index >= 15 is 0 Å². The second-order valence-electron chi connectivity index (χ2n) is 8.80. The molecule has 10 nitrogen and oxygen atoms in total. The molecule has 37 heavy (non-hydrogen) atoms. The lowest BCUT2D eigenvalue weighted by Gasteiger charge is -2.37. The first-order valence-electron chi connectivity index (χ1n) is 11.9. The maximum absolute atomic E-state index is 12.9. The molecule has 1 aliphatic heterocycles. The summed E-state index contributed by atoms with van der Waals surface area (Å²) in [5.41, 5.74) is 0.964. The van der Waals surface area contributed by atoms with Gasteiger partial charge in [-0.25, -0.2) is 9.78 Å². The van der Waals surface area contributed by atoms with Crippen LogP contribution in [-0.4, -0.2) is 80.3 Å². The van der Waals surface area contributed by atoms with Crippen LogP contribution in [0.25, 0.3) is 0 Å². The Labute approximate surface area is 229 Å². The number of anilines is 1. The van der Waals surface area contributed by atoms with E-state index in [0.29, 0.717) is 41.1 Å². The number of rotatable bonds is 11. The summed E-state index contributed by atoms with van der Waals surface area (Å²) in [6.45, 7) is 6.72. The van der Waals surface area contributed by atoms with Gasteiger partial charge in [0.15, 0.2) is 16.6 Å². The van der Waals surface area contributed by atoms with E-state index in [4.69, 9.17) is 37.4 Å². The van der Waals surface area contributed by atoms with Crippen LogP contribution in [-0.2, 0) is 14.2 Å². The van der Waals surface area contributed by atoms with Crippen molar-refractivity contribution in [3.63, 3.8) is 0 Å². The molecule has 0 spiro atoms. The quantitative estimate of drug-likeness (QED) is 0.303. The van der Waals surface area contributed by atoms with Crippen LogP contribution in [0.5, 0.6) is 0 Å². The Kier molecular flexibility index (Phi) is 10.4. The number of methoxy groups -OCH3 is 2. The number of hydrogen-bond acceptors (Lipinski definition) is 9. The molecule has 2 aromatic heterocycles. The van der Waals surface area contributed by atoms with Gasteiger partial charge >= 0.3 is 5.97 Å². The molecule has 0 aromatic carbocycles. The molecule has 3 rings (SSSR count). The number of ether oxygens (including phenoxy) is 3. The largest absolute Gasteiger partial charge is 0.462 e. The molecule has 0 bridgehead atoms. The number of halogens is 2. The van der Waals surface area contributed by atoms with E-state index in [0.717, 1.165) is 11.3 Å². The van der Waals surface area contributed by atoms with E-state index in [2.05, 4.69) is 15.3 Å². The van der Waals surface area contributed by atoms with Crippen LogP contribution < -0.4 is 10.2 Å². The molecule has 2 N–H and O–H groups in total. The van der Waals surface area contributed by atoms with E-state index in [9.17, 15) is 14.4 Å². The van der Waals surface area contributed by atoms with Gasteiger partial charge in [0.25, 0.3) is 5.91 Å². The van der Waals surface area contributed by atoms with Crippen molar-refractivity contribution >= 4 is 57.3 Å². The number of aromatic amines is 1. The Bertz CT molecular complexity index is 1140. The number of Topliss-reactive ketones (excluding diaryl/α,β-unsaturated/α-hetero) is 1. The Hall–Kier alpha value is -2.18. The number of aromatic nitrogens is 2. The molecule has 1 aliphatic rings. The highest BCUT2D eigenvalue weighted by atomic mass is 35.5. The molecule has 0 radical (unpaired) electrons. The predicted octanol–water partition coefficient (Wildman–Crippen LogP) is 4.14. The summed E-state index contributed by atoms with van der Waals surface area (Å²) in [5.74, 6) is -1.27. The van der Waals surface area contributed by atoms with Crippen LogP contribution in [0.15, 0.2) is 0 Å². The maximum atomic E-state index is 12.9. The molecule has 204 valence electrons. The lowest BCUT2D eigenvalue weighted by Crippen LogP contribution is -2.45. The summed E-state index contributed by atoms with van der Waals surface area (Å²) in [7, 11) is 3.14. The summed E-state index contributed by atoms with van der Waals surface area (Å²) < 4.78 is 16.1. The molecule has 1 amide bonds. The fourth-order valence-electron chi connectivity index (χ4n) is 4.08. The molecule has 0 aliphatic carbocycles. The molecule has 1 saturated heterocycles. The number of aryl methyl sites for hydroxylation is 1. The Balaban J connectivity index is 1.76. The molecular formula is C24H32Cl2N4O6S. The molecular weight excluding hydrogens is 543 g/mol. The average molecular weight is 576 g/mol. The molecule has 13 heteroatoms. The van der Waals surface area contributed by atoms with Crippen LogP contribution >= 0.6 is 34.5 Å². The van der Waals surface area contributed by atoms with Gasteiger partial charge in [0.05, 0.1) is 28.9 Å². The number of amides is 1. The van der Waals surface area contributed by atoms with Crippen molar-refractivity contribution in [2.45, 2.75) is 45.8 Å². The number of carbonyl (C=O) groups excluding carboxylic acids is 3. The minimum Gasteiger partial charge on any atom is -0.462 e. The van der Waals surface area contributed by atoms with Crippen molar-refractivity contribution < 1.29 is 28.6 Å². The van der Waals surface area contributed by atoms with Crippen molar-refractivity contribution in [2.24, 2.45) is 5.92 Å². The van der Waals surface area contributed by atoms with Crippen LogP contribution in [0.4, 0.5) is 5.13 Å². The lowest BCUT2D eigenvalue weighted by molar-refractivity contribution is 0.0375. The lowest BCUT2D eigenvalue weighted by atomic mass is 9.88. The van der Waals surface area contributed by atoms with Crippen LogP contribution in [0.3, 0.4) is 0 Å². The number of nitrogens with zero attached hydrogens (tertiary/aromatic N) is 2. The van der Waals surface area contributed by atoms with Crippen molar-refractivity contribution in [2.75, 3.05) is 45.4 Å².